The molecule has 33 heavy (non-hydrogen) atoms. The summed E-state index contributed by atoms with van der Waals surface area (Å²) in [6, 6.07) is 11.6. The molecule has 2 aromatic carbocycles. The lowest BCUT2D eigenvalue weighted by Gasteiger charge is -2.41. The van der Waals surface area contributed by atoms with Crippen molar-refractivity contribution in [2.45, 2.75) is 37.3 Å². The number of nitrogens with zero attached hydrogens (tertiary/aromatic N) is 1. The first-order chi connectivity index (χ1) is 15.9. The van der Waals surface area contributed by atoms with Crippen LogP contribution in [0.2, 0.25) is 0 Å². The molecule has 0 unspecified atom stereocenters. The lowest BCUT2D eigenvalue weighted by atomic mass is 9.73. The molecule has 4 atom stereocenters. The van der Waals surface area contributed by atoms with E-state index in [-0.39, 0.29) is 23.8 Å². The number of ether oxygens (including phenoxy) is 4. The topological polar surface area (TPSA) is 74.3 Å². The molecule has 0 saturated carbocycles. The summed E-state index contributed by atoms with van der Waals surface area (Å²) in [5.41, 5.74) is 2.25. The van der Waals surface area contributed by atoms with Crippen molar-refractivity contribution >= 4 is 12.3 Å². The van der Waals surface area contributed by atoms with Gasteiger partial charge in [0.2, 0.25) is 0 Å². The first-order valence-electron chi connectivity index (χ1n) is 11.1. The molecule has 4 rings (SSSR count). The molecule has 0 aromatic heterocycles. The summed E-state index contributed by atoms with van der Waals surface area (Å²) >= 11 is 0. The third-order valence-electron chi connectivity index (χ3n) is 7.40. The maximum atomic E-state index is 13.4. The van der Waals surface area contributed by atoms with E-state index >= 15 is 0 Å². The third kappa shape index (κ3) is 3.55. The van der Waals surface area contributed by atoms with Gasteiger partial charge >= 0.3 is 5.97 Å². The van der Waals surface area contributed by atoms with Crippen LogP contribution in [0.4, 0.5) is 0 Å². The minimum absolute atomic E-state index is 0.128. The van der Waals surface area contributed by atoms with Crippen molar-refractivity contribution in [1.82, 2.24) is 4.90 Å². The molecule has 1 fully saturated rings. The summed E-state index contributed by atoms with van der Waals surface area (Å²) < 4.78 is 21.8. The van der Waals surface area contributed by atoms with Crippen LogP contribution < -0.4 is 14.2 Å². The highest BCUT2D eigenvalue weighted by atomic mass is 16.5. The van der Waals surface area contributed by atoms with E-state index in [1.807, 2.05) is 43.3 Å². The van der Waals surface area contributed by atoms with Gasteiger partial charge in [-0.1, -0.05) is 12.1 Å². The Balaban J connectivity index is 1.92. The molecule has 0 spiro atoms. The highest BCUT2D eigenvalue weighted by Crippen LogP contribution is 2.59. The van der Waals surface area contributed by atoms with Crippen LogP contribution in [0.5, 0.6) is 17.2 Å². The van der Waals surface area contributed by atoms with Crippen LogP contribution in [-0.4, -0.2) is 57.7 Å². The van der Waals surface area contributed by atoms with Gasteiger partial charge in [-0.2, -0.15) is 0 Å². The summed E-state index contributed by atoms with van der Waals surface area (Å²) in [4.78, 5) is 27.5. The molecular formula is C26H31NO6. The van der Waals surface area contributed by atoms with Crippen molar-refractivity contribution in [2.75, 3.05) is 35.0 Å². The van der Waals surface area contributed by atoms with Crippen molar-refractivity contribution in [1.29, 1.82) is 0 Å². The van der Waals surface area contributed by atoms with E-state index in [4.69, 9.17) is 18.9 Å². The Morgan fingerprint density at radius 2 is 1.73 bits per heavy atom. The smallest absolute Gasteiger partial charge is 0.326 e. The average molecular weight is 454 g/mol. The van der Waals surface area contributed by atoms with Crippen LogP contribution in [0.25, 0.3) is 0 Å². The van der Waals surface area contributed by atoms with E-state index in [9.17, 15) is 9.59 Å². The fraction of sp³-hybridized carbons (Fsp3) is 0.462. The fourth-order valence-corrected chi connectivity index (χ4v) is 5.95. The van der Waals surface area contributed by atoms with Crippen LogP contribution >= 0.6 is 0 Å². The monoisotopic (exact) mass is 453 g/mol. The van der Waals surface area contributed by atoms with Crippen molar-refractivity contribution in [3.05, 3.63) is 53.1 Å². The molecule has 0 radical (unpaired) electrons. The molecular weight excluding hydrogens is 422 g/mol. The average Bonchev–Trinajstić information content (AvgIpc) is 3.11. The van der Waals surface area contributed by atoms with Gasteiger partial charge in [0.15, 0.2) is 11.5 Å². The number of carbonyl (C=O) groups excluding carboxylic acids is 2. The Bertz CT molecular complexity index is 1040. The van der Waals surface area contributed by atoms with Crippen LogP contribution in [0, 0.1) is 5.92 Å². The molecule has 176 valence electrons. The number of hydrogen-bond acceptors (Lipinski definition) is 7. The maximum Gasteiger partial charge on any atom is 0.326 e. The summed E-state index contributed by atoms with van der Waals surface area (Å²) in [6.07, 6.45) is 2.03. The number of esters is 1. The molecule has 1 saturated heterocycles. The molecule has 0 aliphatic carbocycles. The summed E-state index contributed by atoms with van der Waals surface area (Å²) in [5, 5.41) is 0. The summed E-state index contributed by atoms with van der Waals surface area (Å²) in [5.74, 6) is 1.38. The molecule has 0 bridgehead atoms. The van der Waals surface area contributed by atoms with Gasteiger partial charge in [-0.25, -0.2) is 0 Å². The summed E-state index contributed by atoms with van der Waals surface area (Å²) in [7, 11) is 6.28. The molecule has 7 nitrogen and oxygen atoms in total. The lowest BCUT2D eigenvalue weighted by molar-refractivity contribution is -0.154. The Morgan fingerprint density at radius 3 is 2.30 bits per heavy atom. The molecule has 2 aliphatic heterocycles. The van der Waals surface area contributed by atoms with Gasteiger partial charge < -0.3 is 23.7 Å². The second-order valence-corrected chi connectivity index (χ2v) is 8.75. The van der Waals surface area contributed by atoms with E-state index in [1.165, 1.54) is 7.11 Å². The Hall–Kier alpha value is -3.06. The van der Waals surface area contributed by atoms with Crippen LogP contribution in [0.1, 0.15) is 42.0 Å². The zero-order valence-electron chi connectivity index (χ0n) is 19.8. The van der Waals surface area contributed by atoms with Gasteiger partial charge in [-0.05, 0) is 60.2 Å². The van der Waals surface area contributed by atoms with E-state index in [0.29, 0.717) is 24.5 Å². The van der Waals surface area contributed by atoms with Crippen molar-refractivity contribution in [3.63, 3.8) is 0 Å². The quantitative estimate of drug-likeness (QED) is 0.469. The number of aldehydes is 1. The molecule has 2 heterocycles. The van der Waals surface area contributed by atoms with Gasteiger partial charge in [0, 0.05) is 24.9 Å². The van der Waals surface area contributed by atoms with Gasteiger partial charge in [-0.15, -0.1) is 0 Å². The van der Waals surface area contributed by atoms with Gasteiger partial charge in [0.1, 0.15) is 17.6 Å². The normalized spacial score (nSPS) is 26.2. The van der Waals surface area contributed by atoms with Crippen LogP contribution in [-0.2, 0) is 20.7 Å². The van der Waals surface area contributed by atoms with Crippen molar-refractivity contribution in [3.8, 4) is 17.2 Å². The zero-order chi connectivity index (χ0) is 23.8. The number of methoxy groups -OCH3 is 4. The Kier molecular flexibility index (Phi) is 6.34. The fourth-order valence-electron chi connectivity index (χ4n) is 5.95. The van der Waals surface area contributed by atoms with Gasteiger partial charge in [0.05, 0.1) is 28.4 Å². The highest BCUT2D eigenvalue weighted by Gasteiger charge is 2.62. The SMILES string of the molecule is COC(=O)[C@@]1(C)[C@H](c2ccc(OC)cc2)[C@@H](CC=O)[C@@H]2c3cc(OC)c(OC)cc3CCN21. The van der Waals surface area contributed by atoms with Gasteiger partial charge in [-0.3, -0.25) is 9.69 Å². The highest BCUT2D eigenvalue weighted by molar-refractivity contribution is 5.83. The Labute approximate surface area is 194 Å². The number of benzene rings is 2. The minimum atomic E-state index is -0.938. The first-order valence-corrected chi connectivity index (χ1v) is 11.1. The lowest BCUT2D eigenvalue weighted by Crippen LogP contribution is -2.53. The molecule has 7 heteroatoms. The maximum absolute atomic E-state index is 13.4. The molecule has 2 aromatic rings. The Morgan fingerprint density at radius 1 is 1.06 bits per heavy atom. The van der Waals surface area contributed by atoms with E-state index in [1.54, 1.807) is 21.3 Å². The predicted molar refractivity (Wildman–Crippen MR) is 123 cm³/mol. The molecule has 0 N–H and O–H groups in total. The zero-order valence-corrected chi connectivity index (χ0v) is 19.8. The van der Waals surface area contributed by atoms with E-state index < -0.39 is 5.54 Å². The van der Waals surface area contributed by atoms with Crippen molar-refractivity contribution < 1.29 is 28.5 Å². The predicted octanol–water partition coefficient (Wildman–Crippen LogP) is 3.55. The number of hydrogen-bond donors (Lipinski definition) is 0. The molecule has 0 amide bonds. The number of fused-ring (bicyclic) bond motifs is 3. The number of carbonyl (C=O) groups is 2. The van der Waals surface area contributed by atoms with Gasteiger partial charge in [0.25, 0.3) is 0 Å². The largest absolute Gasteiger partial charge is 0.497 e. The second kappa shape index (κ2) is 9.06. The number of rotatable bonds is 7. The summed E-state index contributed by atoms with van der Waals surface area (Å²) in [6.45, 7) is 2.61. The van der Waals surface area contributed by atoms with Crippen LogP contribution in [0.3, 0.4) is 0 Å². The van der Waals surface area contributed by atoms with E-state index in [2.05, 4.69) is 4.90 Å². The van der Waals surface area contributed by atoms with Crippen LogP contribution in [0.15, 0.2) is 36.4 Å². The van der Waals surface area contributed by atoms with E-state index in [0.717, 1.165) is 35.1 Å². The third-order valence-corrected chi connectivity index (χ3v) is 7.40. The second-order valence-electron chi connectivity index (χ2n) is 8.75. The standard InChI is InChI=1S/C26H31NO6/c1-26(25(29)33-5)23(16-6-8-18(30-2)9-7-16)19(11-13-28)24-20-15-22(32-4)21(31-3)14-17(20)10-12-27(24)26/h6-9,13-15,19,23-24H,10-12H2,1-5H3/t19-,23-,24-,26-/m1/s1. The molecule has 2 aliphatic rings. The minimum Gasteiger partial charge on any atom is -0.497 e. The van der Waals surface area contributed by atoms with Crippen molar-refractivity contribution in [2.24, 2.45) is 5.92 Å². The first kappa shape index (κ1) is 23.1.